The Morgan fingerprint density at radius 3 is 2.57 bits per heavy atom. The van der Waals surface area contributed by atoms with E-state index in [2.05, 4.69) is 5.10 Å². The summed E-state index contributed by atoms with van der Waals surface area (Å²) in [4.78, 5) is 13.3. The van der Waals surface area contributed by atoms with Crippen molar-refractivity contribution in [2.75, 3.05) is 7.11 Å². The normalized spacial score (nSPS) is 10.8. The van der Waals surface area contributed by atoms with Crippen molar-refractivity contribution in [3.63, 3.8) is 0 Å². The first-order chi connectivity index (χ1) is 10.1. The van der Waals surface area contributed by atoms with Crippen LogP contribution in [0.5, 0.6) is 5.75 Å². The van der Waals surface area contributed by atoms with E-state index in [-0.39, 0.29) is 6.54 Å². The fourth-order valence-electron chi connectivity index (χ4n) is 1.71. The molecule has 5 nitrogen and oxygen atoms in total. The Morgan fingerprint density at radius 1 is 1.33 bits per heavy atom. The van der Waals surface area contributed by atoms with Crippen molar-refractivity contribution < 1.29 is 14.6 Å². The number of aryl methyl sites for hydroxylation is 1. The highest BCUT2D eigenvalue weighted by molar-refractivity contribution is 7.13. The first-order valence-electron chi connectivity index (χ1n) is 6.32. The topological polar surface area (TPSA) is 62.1 Å². The molecule has 110 valence electrons. The van der Waals surface area contributed by atoms with E-state index in [1.807, 2.05) is 31.2 Å². The number of carboxylic acid groups (broad SMARTS) is 1. The molecule has 0 radical (unpaired) electrons. The monoisotopic (exact) mass is 304 g/mol. The lowest BCUT2D eigenvalue weighted by atomic mass is 10.2. The van der Waals surface area contributed by atoms with E-state index in [1.54, 1.807) is 36.8 Å². The molecule has 0 saturated carbocycles. The molecule has 2 aromatic rings. The fraction of sp³-hybridized carbons (Fsp3) is 0.200. The Hall–Kier alpha value is -2.34. The van der Waals surface area contributed by atoms with Gasteiger partial charge in [0, 0.05) is 9.75 Å². The largest absolute Gasteiger partial charge is 0.497 e. The summed E-state index contributed by atoms with van der Waals surface area (Å²) in [6.07, 6.45) is 0.477. The maximum Gasteiger partial charge on any atom is 0.428 e. The van der Waals surface area contributed by atoms with Crippen LogP contribution < -0.4 is 4.74 Å². The summed E-state index contributed by atoms with van der Waals surface area (Å²) in [5.74, 6) is 0.734. The van der Waals surface area contributed by atoms with Crippen molar-refractivity contribution in [2.24, 2.45) is 5.10 Å². The first-order valence-corrected chi connectivity index (χ1v) is 7.14. The molecule has 0 aliphatic carbocycles. The van der Waals surface area contributed by atoms with Crippen molar-refractivity contribution in [3.05, 3.63) is 51.7 Å². The van der Waals surface area contributed by atoms with E-state index in [1.165, 1.54) is 0 Å². The van der Waals surface area contributed by atoms with Crippen molar-refractivity contribution in [3.8, 4) is 5.75 Å². The van der Waals surface area contributed by atoms with Gasteiger partial charge in [-0.3, -0.25) is 0 Å². The van der Waals surface area contributed by atoms with Gasteiger partial charge in [0.15, 0.2) is 0 Å². The third-order valence-electron chi connectivity index (χ3n) is 2.80. The Balaban J connectivity index is 2.08. The number of ether oxygens (including phenoxy) is 1. The van der Waals surface area contributed by atoms with Crippen LogP contribution in [0.25, 0.3) is 0 Å². The number of methoxy groups -OCH3 is 1. The Labute approximate surface area is 127 Å². The van der Waals surface area contributed by atoms with E-state index in [0.717, 1.165) is 26.1 Å². The molecule has 1 aromatic carbocycles. The van der Waals surface area contributed by atoms with Crippen molar-refractivity contribution >= 4 is 23.6 Å². The zero-order valence-corrected chi connectivity index (χ0v) is 12.6. The average Bonchev–Trinajstić information content (AvgIpc) is 2.89. The Kier molecular flexibility index (Phi) is 4.94. The zero-order chi connectivity index (χ0) is 15.2. The number of thiophene rings is 1. The molecule has 0 saturated heterocycles. The van der Waals surface area contributed by atoms with Crippen molar-refractivity contribution in [1.29, 1.82) is 0 Å². The standard InChI is InChI=1S/C15H16N2O3S/c1-11-3-8-14(21-11)9-16-17(15(18)19)10-12-4-6-13(20-2)7-5-12/h3-9H,10H2,1-2H3,(H,18,19)/b16-9-. The van der Waals surface area contributed by atoms with Gasteiger partial charge in [0.1, 0.15) is 5.75 Å². The van der Waals surface area contributed by atoms with Gasteiger partial charge in [-0.2, -0.15) is 10.1 Å². The molecule has 21 heavy (non-hydrogen) atoms. The minimum Gasteiger partial charge on any atom is -0.497 e. The van der Waals surface area contributed by atoms with Crippen LogP contribution in [0.1, 0.15) is 15.3 Å². The van der Waals surface area contributed by atoms with Crippen LogP contribution in [-0.2, 0) is 6.54 Å². The third kappa shape index (κ3) is 4.32. The van der Waals surface area contributed by atoms with Gasteiger partial charge in [0.2, 0.25) is 0 Å². The Morgan fingerprint density at radius 2 is 2.05 bits per heavy atom. The van der Waals surface area contributed by atoms with Crippen LogP contribution in [-0.4, -0.2) is 29.5 Å². The number of amides is 1. The molecule has 0 bridgehead atoms. The minimum atomic E-state index is -1.09. The highest BCUT2D eigenvalue weighted by Crippen LogP contribution is 2.15. The molecule has 2 rings (SSSR count). The first kappa shape index (κ1) is 15.1. The van der Waals surface area contributed by atoms with Crippen LogP contribution >= 0.6 is 11.3 Å². The van der Waals surface area contributed by atoms with Crippen LogP contribution in [0, 0.1) is 6.92 Å². The van der Waals surface area contributed by atoms with E-state index < -0.39 is 6.09 Å². The smallest absolute Gasteiger partial charge is 0.428 e. The fourth-order valence-corrected chi connectivity index (χ4v) is 2.45. The van der Waals surface area contributed by atoms with Gasteiger partial charge >= 0.3 is 6.09 Å². The predicted molar refractivity (Wildman–Crippen MR) is 83.2 cm³/mol. The SMILES string of the molecule is COc1ccc(CN(/N=C\c2ccc(C)s2)C(=O)O)cc1. The molecular formula is C15H16N2O3S. The van der Waals surface area contributed by atoms with Gasteiger partial charge in [0.25, 0.3) is 0 Å². The summed E-state index contributed by atoms with van der Waals surface area (Å²) < 4.78 is 5.07. The number of benzene rings is 1. The summed E-state index contributed by atoms with van der Waals surface area (Å²) in [6, 6.07) is 11.1. The minimum absolute atomic E-state index is 0.195. The lowest BCUT2D eigenvalue weighted by Crippen LogP contribution is -2.23. The quantitative estimate of drug-likeness (QED) is 0.678. The second kappa shape index (κ2) is 6.90. The number of rotatable bonds is 5. The lowest BCUT2D eigenvalue weighted by Gasteiger charge is -2.13. The number of hydrogen-bond donors (Lipinski definition) is 1. The molecule has 0 fully saturated rings. The number of nitrogens with zero attached hydrogens (tertiary/aromatic N) is 2. The zero-order valence-electron chi connectivity index (χ0n) is 11.8. The van der Waals surface area contributed by atoms with E-state index >= 15 is 0 Å². The summed E-state index contributed by atoms with van der Waals surface area (Å²) in [5, 5.41) is 14.3. The highest BCUT2D eigenvalue weighted by Gasteiger charge is 2.10. The van der Waals surface area contributed by atoms with E-state index in [4.69, 9.17) is 4.74 Å². The molecule has 1 N–H and O–H groups in total. The summed E-state index contributed by atoms with van der Waals surface area (Å²) in [5.41, 5.74) is 0.845. The van der Waals surface area contributed by atoms with E-state index in [0.29, 0.717) is 0 Å². The summed E-state index contributed by atoms with van der Waals surface area (Å²) in [6.45, 7) is 2.19. The maximum atomic E-state index is 11.2. The molecule has 1 aromatic heterocycles. The molecule has 0 unspecified atom stereocenters. The van der Waals surface area contributed by atoms with Gasteiger partial charge in [0.05, 0.1) is 19.9 Å². The second-order valence-electron chi connectivity index (χ2n) is 4.38. The molecule has 0 aliphatic heterocycles. The molecule has 0 aliphatic rings. The Bertz CT molecular complexity index is 635. The number of hydrazone groups is 1. The predicted octanol–water partition coefficient (Wildman–Crippen LogP) is 3.58. The van der Waals surface area contributed by atoms with Gasteiger partial charge in [-0.1, -0.05) is 12.1 Å². The van der Waals surface area contributed by atoms with Gasteiger partial charge < -0.3 is 9.84 Å². The molecule has 0 atom stereocenters. The molecule has 1 heterocycles. The maximum absolute atomic E-state index is 11.2. The second-order valence-corrected chi connectivity index (χ2v) is 5.70. The van der Waals surface area contributed by atoms with Gasteiger partial charge in [-0.05, 0) is 36.8 Å². The lowest BCUT2D eigenvalue weighted by molar-refractivity contribution is 0.144. The molecular weight excluding hydrogens is 288 g/mol. The van der Waals surface area contributed by atoms with Crippen LogP contribution in [0.3, 0.4) is 0 Å². The molecule has 6 heteroatoms. The summed E-state index contributed by atoms with van der Waals surface area (Å²) in [7, 11) is 1.59. The summed E-state index contributed by atoms with van der Waals surface area (Å²) >= 11 is 1.57. The van der Waals surface area contributed by atoms with Crippen molar-refractivity contribution in [2.45, 2.75) is 13.5 Å². The molecule has 0 spiro atoms. The van der Waals surface area contributed by atoms with Crippen molar-refractivity contribution in [1.82, 2.24) is 5.01 Å². The average molecular weight is 304 g/mol. The molecule has 1 amide bonds. The van der Waals surface area contributed by atoms with E-state index in [9.17, 15) is 9.90 Å². The van der Waals surface area contributed by atoms with Gasteiger partial charge in [-0.15, -0.1) is 11.3 Å². The van der Waals surface area contributed by atoms with Gasteiger partial charge in [-0.25, -0.2) is 4.79 Å². The van der Waals surface area contributed by atoms with Crippen LogP contribution in [0.15, 0.2) is 41.5 Å². The number of carbonyl (C=O) groups is 1. The highest BCUT2D eigenvalue weighted by atomic mass is 32.1. The van der Waals surface area contributed by atoms with Crippen LogP contribution in [0.2, 0.25) is 0 Å². The van der Waals surface area contributed by atoms with Crippen LogP contribution in [0.4, 0.5) is 4.79 Å². The third-order valence-corrected chi connectivity index (χ3v) is 3.73. The number of hydrogen-bond acceptors (Lipinski definition) is 4.